The van der Waals surface area contributed by atoms with Crippen molar-refractivity contribution in [3.63, 3.8) is 0 Å². The summed E-state index contributed by atoms with van der Waals surface area (Å²) in [6.45, 7) is 14.7. The minimum Gasteiger partial charge on any atom is -0.497 e. The van der Waals surface area contributed by atoms with E-state index in [1.54, 1.807) is 7.11 Å². The van der Waals surface area contributed by atoms with Gasteiger partial charge in [0.1, 0.15) is 5.76 Å². The van der Waals surface area contributed by atoms with E-state index < -0.39 is 5.97 Å². The van der Waals surface area contributed by atoms with Gasteiger partial charge in [-0.2, -0.15) is 0 Å². The molecule has 2 aliphatic rings. The average molecular weight is 434 g/mol. The first kappa shape index (κ1) is 28.4. The smallest absolute Gasteiger partial charge is 0.307 e. The molecule has 174 valence electrons. The van der Waals surface area contributed by atoms with Crippen LogP contribution in [0, 0.1) is 11.8 Å². The van der Waals surface area contributed by atoms with Crippen molar-refractivity contribution in [2.45, 2.75) is 59.8 Å². The van der Waals surface area contributed by atoms with Gasteiger partial charge in [0, 0.05) is 6.54 Å². The maximum atomic E-state index is 12.0. The Labute approximate surface area is 187 Å². The van der Waals surface area contributed by atoms with Crippen LogP contribution in [0.1, 0.15) is 59.8 Å². The molecule has 0 aromatic carbocycles. The van der Waals surface area contributed by atoms with Gasteiger partial charge in [0.15, 0.2) is 0 Å². The summed E-state index contributed by atoms with van der Waals surface area (Å²) >= 11 is 0. The molecule has 0 saturated carbocycles. The molecule has 0 spiro atoms. The summed E-state index contributed by atoms with van der Waals surface area (Å²) in [7, 11) is 3.02. The molecule has 0 N–H and O–H groups in total. The first-order valence-electron chi connectivity index (χ1n) is 10.8. The molecular weight excluding hydrogens is 394 g/mol. The van der Waals surface area contributed by atoms with Crippen LogP contribution in [0.5, 0.6) is 0 Å². The van der Waals surface area contributed by atoms with Crippen LogP contribution >= 0.6 is 0 Å². The molecule has 1 aliphatic heterocycles. The summed E-state index contributed by atoms with van der Waals surface area (Å²) in [6, 6.07) is 0. The van der Waals surface area contributed by atoms with Crippen molar-refractivity contribution < 1.29 is 23.9 Å². The first-order chi connectivity index (χ1) is 14.8. The second-order valence-electron chi connectivity index (χ2n) is 7.36. The third kappa shape index (κ3) is 8.56. The summed E-state index contributed by atoms with van der Waals surface area (Å²) in [6.07, 6.45) is 9.47. The fourth-order valence-electron chi connectivity index (χ4n) is 3.25. The van der Waals surface area contributed by atoms with Crippen LogP contribution in [-0.2, 0) is 23.9 Å². The van der Waals surface area contributed by atoms with E-state index in [4.69, 9.17) is 4.74 Å². The Bertz CT molecular complexity index is 679. The lowest BCUT2D eigenvalue weighted by Crippen LogP contribution is -2.33. The normalized spacial score (nSPS) is 20.6. The topological polar surface area (TPSA) is 72.9 Å². The van der Waals surface area contributed by atoms with E-state index >= 15 is 0 Å². The zero-order valence-electron chi connectivity index (χ0n) is 20.0. The number of carbonyl (C=O) groups is 3. The number of methoxy groups -OCH3 is 2. The van der Waals surface area contributed by atoms with Gasteiger partial charge in [0.25, 0.3) is 0 Å². The number of hydrogen-bond donors (Lipinski definition) is 0. The van der Waals surface area contributed by atoms with E-state index in [-0.39, 0.29) is 36.6 Å². The fourth-order valence-corrected chi connectivity index (χ4v) is 3.25. The molecule has 0 aromatic rings. The Kier molecular flexibility index (Phi) is 13.9. The molecule has 0 radical (unpaired) electrons. The van der Waals surface area contributed by atoms with E-state index in [0.29, 0.717) is 12.8 Å². The molecule has 6 nitrogen and oxygen atoms in total. The van der Waals surface area contributed by atoms with Crippen molar-refractivity contribution in [2.75, 3.05) is 20.8 Å². The van der Waals surface area contributed by atoms with E-state index in [2.05, 4.69) is 51.7 Å². The Morgan fingerprint density at radius 2 is 1.55 bits per heavy atom. The average Bonchev–Trinajstić information content (AvgIpc) is 3.06. The van der Waals surface area contributed by atoms with Crippen LogP contribution in [0.3, 0.4) is 0 Å². The molecule has 2 amide bonds. The molecular formula is C25H39NO5. The predicted molar refractivity (Wildman–Crippen MR) is 124 cm³/mol. The van der Waals surface area contributed by atoms with Gasteiger partial charge >= 0.3 is 5.97 Å². The number of likely N-dealkylation sites (tertiary alicyclic amines) is 1. The number of rotatable bonds is 7. The third-order valence-electron chi connectivity index (χ3n) is 5.47. The number of esters is 1. The molecule has 0 aromatic heterocycles. The maximum absolute atomic E-state index is 12.0. The van der Waals surface area contributed by atoms with Gasteiger partial charge in [-0.1, -0.05) is 31.6 Å². The molecule has 0 bridgehead atoms. The molecule has 6 heteroatoms. The van der Waals surface area contributed by atoms with Crippen LogP contribution < -0.4 is 0 Å². The van der Waals surface area contributed by atoms with Gasteiger partial charge in [0.2, 0.25) is 11.8 Å². The van der Waals surface area contributed by atoms with Crippen molar-refractivity contribution >= 4 is 17.8 Å². The number of allylic oxidation sites excluding steroid dienone is 5. The predicted octanol–water partition coefficient (Wildman–Crippen LogP) is 4.98. The summed E-state index contributed by atoms with van der Waals surface area (Å²) in [4.78, 5) is 36.2. The monoisotopic (exact) mass is 433 g/mol. The minimum atomic E-state index is -0.404. The zero-order valence-corrected chi connectivity index (χ0v) is 20.0. The first-order valence-corrected chi connectivity index (χ1v) is 10.8. The highest BCUT2D eigenvalue weighted by Crippen LogP contribution is 2.34. The van der Waals surface area contributed by atoms with Crippen molar-refractivity contribution in [2.24, 2.45) is 11.8 Å². The number of carbonyl (C=O) groups excluding carboxylic acids is 3. The van der Waals surface area contributed by atoms with Crippen molar-refractivity contribution in [3.05, 3.63) is 48.3 Å². The van der Waals surface area contributed by atoms with Crippen LogP contribution in [0.4, 0.5) is 0 Å². The van der Waals surface area contributed by atoms with Crippen LogP contribution in [0.15, 0.2) is 48.3 Å². The molecule has 2 rings (SSSR count). The molecule has 1 saturated heterocycles. The Morgan fingerprint density at radius 1 is 1.03 bits per heavy atom. The lowest BCUT2D eigenvalue weighted by atomic mass is 9.85. The second kappa shape index (κ2) is 15.2. The zero-order chi connectivity index (χ0) is 24.0. The second-order valence-corrected chi connectivity index (χ2v) is 7.36. The lowest BCUT2D eigenvalue weighted by molar-refractivity contribution is -0.143. The number of imide groups is 1. The maximum Gasteiger partial charge on any atom is 0.307 e. The SMILES string of the molecule is C=C.CC/C(C)=C\C(OC)=C(/C)CC.COC(=O)CCN1C(=O)C2CC=CCC2C1=O. The van der Waals surface area contributed by atoms with Gasteiger partial charge in [-0.3, -0.25) is 19.3 Å². The van der Waals surface area contributed by atoms with E-state index in [1.807, 2.05) is 12.2 Å². The lowest BCUT2D eigenvalue weighted by Gasteiger charge is -2.14. The molecule has 31 heavy (non-hydrogen) atoms. The highest BCUT2D eigenvalue weighted by atomic mass is 16.5. The highest BCUT2D eigenvalue weighted by molar-refractivity contribution is 6.05. The van der Waals surface area contributed by atoms with Gasteiger partial charge in [-0.15, -0.1) is 13.2 Å². The molecule has 1 heterocycles. The standard InChI is InChI=1S/C12H15NO4.C11H20O.C2H4/c1-17-10(14)6-7-13-11(15)8-4-2-3-5-9(8)12(13)16;1-6-9(3)8-11(12-5)10(4)7-2;1-2/h2-3,8-9H,4-7H2,1H3;8H,6-7H2,1-5H3;1-2H2/b;9-8-,11-10-;. The molecule has 2 unspecified atom stereocenters. The molecule has 1 fully saturated rings. The van der Waals surface area contributed by atoms with E-state index in [0.717, 1.165) is 18.6 Å². The van der Waals surface area contributed by atoms with Gasteiger partial charge in [0.05, 0.1) is 32.5 Å². The van der Waals surface area contributed by atoms with Crippen molar-refractivity contribution in [1.82, 2.24) is 4.90 Å². The van der Waals surface area contributed by atoms with Gasteiger partial charge < -0.3 is 9.47 Å². The van der Waals surface area contributed by atoms with Crippen molar-refractivity contribution in [3.8, 4) is 0 Å². The fraction of sp³-hybridized carbons (Fsp3) is 0.560. The van der Waals surface area contributed by atoms with Crippen molar-refractivity contribution in [1.29, 1.82) is 0 Å². The quantitative estimate of drug-likeness (QED) is 0.186. The number of ether oxygens (including phenoxy) is 2. The minimum absolute atomic E-state index is 0.0703. The van der Waals surface area contributed by atoms with Crippen LogP contribution in [-0.4, -0.2) is 43.4 Å². The van der Waals surface area contributed by atoms with Gasteiger partial charge in [-0.25, -0.2) is 0 Å². The number of hydrogen-bond acceptors (Lipinski definition) is 5. The van der Waals surface area contributed by atoms with E-state index in [1.165, 1.54) is 23.2 Å². The Hall–Kier alpha value is -2.63. The largest absolute Gasteiger partial charge is 0.497 e. The third-order valence-corrected chi connectivity index (χ3v) is 5.47. The summed E-state index contributed by atoms with van der Waals surface area (Å²) < 4.78 is 9.78. The molecule has 1 aliphatic carbocycles. The molecule has 2 atom stereocenters. The Morgan fingerprint density at radius 3 is 1.94 bits per heavy atom. The van der Waals surface area contributed by atoms with E-state index in [9.17, 15) is 14.4 Å². The van der Waals surface area contributed by atoms with Gasteiger partial charge in [-0.05, 0) is 51.2 Å². The summed E-state index contributed by atoms with van der Waals surface area (Å²) in [5, 5.41) is 0. The van der Waals surface area contributed by atoms with Crippen LogP contribution in [0.2, 0.25) is 0 Å². The van der Waals surface area contributed by atoms with Crippen LogP contribution in [0.25, 0.3) is 0 Å². The number of fused-ring (bicyclic) bond motifs is 1. The number of nitrogens with zero attached hydrogens (tertiary/aromatic N) is 1. The number of amides is 2. The summed E-state index contributed by atoms with van der Waals surface area (Å²) in [5.74, 6) is -0.104. The highest BCUT2D eigenvalue weighted by Gasteiger charge is 2.46. The Balaban J connectivity index is 0.000000570. The summed E-state index contributed by atoms with van der Waals surface area (Å²) in [5.41, 5.74) is 2.67.